The van der Waals surface area contributed by atoms with Crippen molar-refractivity contribution in [3.63, 3.8) is 0 Å². The van der Waals surface area contributed by atoms with Crippen molar-refractivity contribution in [2.45, 2.75) is 50.9 Å². The largest absolute Gasteiger partial charge is 0.350 e. The maximum absolute atomic E-state index is 13.7. The number of rotatable bonds is 7. The van der Waals surface area contributed by atoms with Gasteiger partial charge in [-0.2, -0.15) is 5.10 Å². The van der Waals surface area contributed by atoms with E-state index in [-0.39, 0.29) is 11.9 Å². The van der Waals surface area contributed by atoms with E-state index in [0.717, 1.165) is 43.7 Å². The number of benzene rings is 1. The minimum atomic E-state index is -0.421. The molecule has 0 radical (unpaired) electrons. The summed E-state index contributed by atoms with van der Waals surface area (Å²) in [6, 6.07) is 13.0. The number of hydrogen-bond acceptors (Lipinski definition) is 4. The summed E-state index contributed by atoms with van der Waals surface area (Å²) < 4.78 is 2.08. The molecule has 7 heteroatoms. The van der Waals surface area contributed by atoms with Crippen LogP contribution in [0.5, 0.6) is 0 Å². The van der Waals surface area contributed by atoms with Crippen molar-refractivity contribution >= 4 is 5.91 Å². The lowest BCUT2D eigenvalue weighted by Gasteiger charge is -2.36. The van der Waals surface area contributed by atoms with Crippen molar-refractivity contribution in [3.05, 3.63) is 72.1 Å². The molecule has 2 aliphatic rings. The van der Waals surface area contributed by atoms with Crippen LogP contribution >= 0.6 is 0 Å². The molecular weight excluding hydrogens is 376 g/mol. The first-order chi connectivity index (χ1) is 14.7. The monoisotopic (exact) mass is 404 g/mol. The third kappa shape index (κ3) is 3.33. The van der Waals surface area contributed by atoms with Gasteiger partial charge in [-0.05, 0) is 37.3 Å². The van der Waals surface area contributed by atoms with E-state index in [9.17, 15) is 4.79 Å². The van der Waals surface area contributed by atoms with E-state index in [1.54, 1.807) is 6.20 Å². The van der Waals surface area contributed by atoms with Gasteiger partial charge in [0.25, 0.3) is 0 Å². The summed E-state index contributed by atoms with van der Waals surface area (Å²) in [5.74, 6) is 1.21. The Balaban J connectivity index is 1.42. The number of aryl methyl sites for hydroxylation is 1. The van der Waals surface area contributed by atoms with Crippen LogP contribution in [0.3, 0.4) is 0 Å². The molecule has 0 spiro atoms. The van der Waals surface area contributed by atoms with Gasteiger partial charge >= 0.3 is 0 Å². The number of H-pyrrole nitrogens is 1. The quantitative estimate of drug-likeness (QED) is 0.634. The van der Waals surface area contributed by atoms with E-state index >= 15 is 0 Å². The average Bonchev–Trinajstić information content (AvgIpc) is 3.54. The van der Waals surface area contributed by atoms with Crippen LogP contribution in [0.4, 0.5) is 0 Å². The predicted octanol–water partition coefficient (Wildman–Crippen LogP) is 2.43. The standard InChI is InChI=1S/C23H28N6O/c1-28-12-11-24-21(28)16-29-19-7-8-20(29)23(14-19,13-17-5-3-2-4-6-17)22(30)25-15-18-9-10-26-27-18/h2-6,9-12,19-20H,7-8,13-16H2,1H3,(H,25,30)(H,26,27)/t19-,20+,23+/m0/s1. The lowest BCUT2D eigenvalue weighted by atomic mass is 9.69. The minimum Gasteiger partial charge on any atom is -0.350 e. The zero-order chi connectivity index (χ0) is 20.6. The zero-order valence-electron chi connectivity index (χ0n) is 17.3. The second-order valence-corrected chi connectivity index (χ2v) is 8.66. The Hall–Kier alpha value is -2.93. The average molecular weight is 405 g/mol. The van der Waals surface area contributed by atoms with E-state index in [4.69, 9.17) is 0 Å². The number of aromatic amines is 1. The maximum atomic E-state index is 13.7. The molecule has 5 rings (SSSR count). The molecular formula is C23H28N6O. The number of carbonyl (C=O) groups is 1. The molecule has 2 aromatic heterocycles. The van der Waals surface area contributed by atoms with Gasteiger partial charge < -0.3 is 9.88 Å². The first kappa shape index (κ1) is 19.1. The van der Waals surface area contributed by atoms with E-state index in [2.05, 4.69) is 54.2 Å². The van der Waals surface area contributed by atoms with Crippen LogP contribution in [-0.2, 0) is 31.4 Å². The van der Waals surface area contributed by atoms with Crippen molar-refractivity contribution in [2.75, 3.05) is 0 Å². The number of hydrogen-bond donors (Lipinski definition) is 2. The summed E-state index contributed by atoms with van der Waals surface area (Å²) in [7, 11) is 2.04. The number of imidazole rings is 1. The zero-order valence-corrected chi connectivity index (χ0v) is 17.3. The van der Waals surface area contributed by atoms with Gasteiger partial charge in [-0.3, -0.25) is 14.8 Å². The number of aromatic nitrogens is 4. The number of fused-ring (bicyclic) bond motifs is 2. The van der Waals surface area contributed by atoms with E-state index < -0.39 is 5.41 Å². The molecule has 7 nitrogen and oxygen atoms in total. The summed E-state index contributed by atoms with van der Waals surface area (Å²) in [6.45, 7) is 1.27. The highest BCUT2D eigenvalue weighted by atomic mass is 16.2. The van der Waals surface area contributed by atoms with Crippen LogP contribution in [-0.4, -0.2) is 42.6 Å². The maximum Gasteiger partial charge on any atom is 0.228 e. The molecule has 2 aliphatic heterocycles. The smallest absolute Gasteiger partial charge is 0.228 e. The highest BCUT2D eigenvalue weighted by Gasteiger charge is 2.59. The Labute approximate surface area is 176 Å². The molecule has 2 saturated heterocycles. The first-order valence-corrected chi connectivity index (χ1v) is 10.7. The van der Waals surface area contributed by atoms with Crippen LogP contribution < -0.4 is 5.32 Å². The molecule has 30 heavy (non-hydrogen) atoms. The van der Waals surface area contributed by atoms with Gasteiger partial charge in [0.2, 0.25) is 5.91 Å². The minimum absolute atomic E-state index is 0.151. The molecule has 4 heterocycles. The van der Waals surface area contributed by atoms with Gasteiger partial charge in [0.1, 0.15) is 5.82 Å². The Kier molecular flexibility index (Phi) is 4.90. The predicted molar refractivity (Wildman–Crippen MR) is 113 cm³/mol. The van der Waals surface area contributed by atoms with Gasteiger partial charge in [-0.15, -0.1) is 0 Å². The Bertz CT molecular complexity index is 998. The lowest BCUT2D eigenvalue weighted by Crippen LogP contribution is -2.50. The third-order valence-electron chi connectivity index (χ3n) is 6.94. The van der Waals surface area contributed by atoms with Crippen molar-refractivity contribution in [1.29, 1.82) is 0 Å². The normalized spacial score (nSPS) is 25.6. The Morgan fingerprint density at radius 3 is 2.83 bits per heavy atom. The summed E-state index contributed by atoms with van der Waals surface area (Å²) >= 11 is 0. The fourth-order valence-electron chi connectivity index (χ4n) is 5.47. The van der Waals surface area contributed by atoms with Crippen molar-refractivity contribution in [1.82, 2.24) is 30.0 Å². The van der Waals surface area contributed by atoms with Gasteiger partial charge in [-0.25, -0.2) is 4.98 Å². The number of carbonyl (C=O) groups excluding carboxylic acids is 1. The van der Waals surface area contributed by atoms with Crippen molar-refractivity contribution in [2.24, 2.45) is 12.5 Å². The molecule has 1 aromatic carbocycles. The summed E-state index contributed by atoms with van der Waals surface area (Å²) in [4.78, 5) is 20.7. The number of amides is 1. The molecule has 0 saturated carbocycles. The molecule has 3 atom stereocenters. The molecule has 3 aromatic rings. The molecule has 2 bridgehead atoms. The SMILES string of the molecule is Cn1ccnc1CN1[C@H]2CC[C@@H]1[C@](Cc1ccccc1)(C(=O)NCc1ccn[nH]1)C2. The summed E-state index contributed by atoms with van der Waals surface area (Å²) in [5.41, 5.74) is 1.72. The Morgan fingerprint density at radius 1 is 1.23 bits per heavy atom. The first-order valence-electron chi connectivity index (χ1n) is 10.7. The summed E-state index contributed by atoms with van der Waals surface area (Å²) in [5, 5.41) is 10.1. The van der Waals surface area contributed by atoms with Gasteiger partial charge in [0.15, 0.2) is 0 Å². The summed E-state index contributed by atoms with van der Waals surface area (Å²) in [6.07, 6.45) is 9.42. The van der Waals surface area contributed by atoms with Gasteiger partial charge in [0, 0.05) is 37.7 Å². The van der Waals surface area contributed by atoms with Crippen molar-refractivity contribution in [3.8, 4) is 0 Å². The molecule has 2 fully saturated rings. The number of nitrogens with zero attached hydrogens (tertiary/aromatic N) is 4. The second-order valence-electron chi connectivity index (χ2n) is 8.66. The van der Waals surface area contributed by atoms with Crippen LogP contribution in [0.2, 0.25) is 0 Å². The molecule has 2 N–H and O–H groups in total. The Morgan fingerprint density at radius 2 is 2.10 bits per heavy atom. The molecule has 0 aliphatic carbocycles. The lowest BCUT2D eigenvalue weighted by molar-refractivity contribution is -0.133. The fraction of sp³-hybridized carbons (Fsp3) is 0.435. The van der Waals surface area contributed by atoms with Crippen molar-refractivity contribution < 1.29 is 4.79 Å². The van der Waals surface area contributed by atoms with Crippen LogP contribution in [0.1, 0.15) is 36.3 Å². The van der Waals surface area contributed by atoms with Crippen LogP contribution in [0, 0.1) is 5.41 Å². The second kappa shape index (κ2) is 7.72. The number of nitrogens with one attached hydrogen (secondary N) is 2. The van der Waals surface area contributed by atoms with Crippen LogP contribution in [0.25, 0.3) is 0 Å². The third-order valence-corrected chi connectivity index (χ3v) is 6.94. The molecule has 156 valence electrons. The van der Waals surface area contributed by atoms with E-state index in [1.165, 1.54) is 5.56 Å². The van der Waals surface area contributed by atoms with Gasteiger partial charge in [0.05, 0.1) is 24.2 Å². The highest BCUT2D eigenvalue weighted by Crippen LogP contribution is 2.52. The topological polar surface area (TPSA) is 78.8 Å². The van der Waals surface area contributed by atoms with E-state index in [1.807, 2.05) is 31.6 Å². The van der Waals surface area contributed by atoms with Gasteiger partial charge in [-0.1, -0.05) is 30.3 Å². The molecule has 1 amide bonds. The van der Waals surface area contributed by atoms with E-state index in [0.29, 0.717) is 12.6 Å². The van der Waals surface area contributed by atoms with Crippen LogP contribution in [0.15, 0.2) is 55.0 Å². The molecule has 0 unspecified atom stereocenters. The highest BCUT2D eigenvalue weighted by molar-refractivity contribution is 5.84. The fourth-order valence-corrected chi connectivity index (χ4v) is 5.47.